The van der Waals surface area contributed by atoms with Crippen molar-refractivity contribution in [3.05, 3.63) is 52.1 Å². The number of hydrogen-bond donors (Lipinski definition) is 0. The average Bonchev–Trinajstić information content (AvgIpc) is 2.41. The molecule has 3 heteroatoms. The van der Waals surface area contributed by atoms with Gasteiger partial charge < -0.3 is 4.90 Å². The van der Waals surface area contributed by atoms with Gasteiger partial charge in [-0.25, -0.2) is 4.98 Å². The van der Waals surface area contributed by atoms with Gasteiger partial charge in [-0.05, 0) is 58.1 Å². The third-order valence-electron chi connectivity index (χ3n) is 3.32. The van der Waals surface area contributed by atoms with E-state index in [1.165, 1.54) is 11.1 Å². The van der Waals surface area contributed by atoms with Gasteiger partial charge in [0.05, 0.1) is 0 Å². The lowest BCUT2D eigenvalue weighted by atomic mass is 10.0. The van der Waals surface area contributed by atoms with Crippen LogP contribution in [0.25, 0.3) is 0 Å². The Bertz CT molecular complexity index is 561. The van der Waals surface area contributed by atoms with Crippen LogP contribution in [0.1, 0.15) is 30.9 Å². The predicted octanol–water partition coefficient (Wildman–Crippen LogP) is 5.04. The van der Waals surface area contributed by atoms with Crippen molar-refractivity contribution in [3.63, 3.8) is 0 Å². The molecule has 0 atom stereocenters. The maximum Gasteiger partial charge on any atom is 0.132 e. The molecule has 0 N–H and O–H groups in total. The van der Waals surface area contributed by atoms with E-state index in [0.717, 1.165) is 16.0 Å². The normalized spacial score (nSPS) is 10.8. The third kappa shape index (κ3) is 3.16. The standard InChI is InChI=1S/C16H19BrN2/c1-11(2)13-5-7-14(8-6-13)19(4)16-9-12(3)15(17)10-18-16/h5-11H,1-4H3. The Morgan fingerprint density at radius 1 is 1.16 bits per heavy atom. The highest BCUT2D eigenvalue weighted by molar-refractivity contribution is 9.10. The fraction of sp³-hybridized carbons (Fsp3) is 0.312. The lowest BCUT2D eigenvalue weighted by molar-refractivity contribution is 0.866. The van der Waals surface area contributed by atoms with Crippen LogP contribution in [0.4, 0.5) is 11.5 Å². The van der Waals surface area contributed by atoms with Gasteiger partial charge in [-0.1, -0.05) is 26.0 Å². The molecule has 0 fully saturated rings. The molecule has 0 aliphatic carbocycles. The molecule has 0 spiro atoms. The first-order valence-corrected chi connectivity index (χ1v) is 7.24. The number of halogens is 1. The van der Waals surface area contributed by atoms with Crippen molar-refractivity contribution in [2.75, 3.05) is 11.9 Å². The van der Waals surface area contributed by atoms with Crippen molar-refractivity contribution >= 4 is 27.4 Å². The quantitative estimate of drug-likeness (QED) is 0.787. The molecule has 0 saturated carbocycles. The number of benzene rings is 1. The van der Waals surface area contributed by atoms with Gasteiger partial charge in [-0.2, -0.15) is 0 Å². The first kappa shape index (κ1) is 14.1. The summed E-state index contributed by atoms with van der Waals surface area (Å²) in [6.45, 7) is 6.49. The van der Waals surface area contributed by atoms with Gasteiger partial charge in [0.2, 0.25) is 0 Å². The van der Waals surface area contributed by atoms with E-state index in [9.17, 15) is 0 Å². The summed E-state index contributed by atoms with van der Waals surface area (Å²) in [5, 5.41) is 0. The number of hydrogen-bond acceptors (Lipinski definition) is 2. The maximum absolute atomic E-state index is 4.45. The minimum Gasteiger partial charge on any atom is -0.329 e. The molecular weight excluding hydrogens is 300 g/mol. The molecule has 0 aliphatic rings. The molecule has 1 heterocycles. The Kier molecular flexibility index (Phi) is 4.25. The summed E-state index contributed by atoms with van der Waals surface area (Å²) < 4.78 is 1.04. The van der Waals surface area contributed by atoms with Crippen LogP contribution in [-0.2, 0) is 0 Å². The molecule has 1 aromatic carbocycles. The van der Waals surface area contributed by atoms with Crippen molar-refractivity contribution in [1.29, 1.82) is 0 Å². The van der Waals surface area contributed by atoms with Crippen LogP contribution >= 0.6 is 15.9 Å². The van der Waals surface area contributed by atoms with Gasteiger partial charge in [-0.3, -0.25) is 0 Å². The van der Waals surface area contributed by atoms with E-state index in [1.54, 1.807) is 0 Å². The largest absolute Gasteiger partial charge is 0.329 e. The molecule has 2 rings (SSSR count). The monoisotopic (exact) mass is 318 g/mol. The second-order valence-electron chi connectivity index (χ2n) is 5.10. The molecular formula is C16H19BrN2. The highest BCUT2D eigenvalue weighted by atomic mass is 79.9. The highest BCUT2D eigenvalue weighted by Gasteiger charge is 2.07. The van der Waals surface area contributed by atoms with E-state index in [4.69, 9.17) is 0 Å². The van der Waals surface area contributed by atoms with Crippen molar-refractivity contribution in [2.45, 2.75) is 26.7 Å². The fourth-order valence-corrected chi connectivity index (χ4v) is 2.14. The fourth-order valence-electron chi connectivity index (χ4n) is 1.92. The zero-order chi connectivity index (χ0) is 14.0. The van der Waals surface area contributed by atoms with Crippen LogP contribution in [0.15, 0.2) is 41.0 Å². The van der Waals surface area contributed by atoms with Crippen LogP contribution in [0.5, 0.6) is 0 Å². The Balaban J connectivity index is 2.27. The Morgan fingerprint density at radius 2 is 1.79 bits per heavy atom. The summed E-state index contributed by atoms with van der Waals surface area (Å²) in [4.78, 5) is 6.55. The second-order valence-corrected chi connectivity index (χ2v) is 5.95. The van der Waals surface area contributed by atoms with Crippen LogP contribution in [0, 0.1) is 6.92 Å². The number of nitrogens with zero attached hydrogens (tertiary/aromatic N) is 2. The lowest BCUT2D eigenvalue weighted by Gasteiger charge is -2.19. The van der Waals surface area contributed by atoms with Gasteiger partial charge in [-0.15, -0.1) is 0 Å². The molecule has 0 aliphatic heterocycles. The predicted molar refractivity (Wildman–Crippen MR) is 85.3 cm³/mol. The molecule has 0 saturated heterocycles. The minimum absolute atomic E-state index is 0.562. The van der Waals surface area contributed by atoms with Crippen LogP contribution in [0.2, 0.25) is 0 Å². The number of anilines is 2. The van der Waals surface area contributed by atoms with E-state index in [0.29, 0.717) is 5.92 Å². The molecule has 0 amide bonds. The Labute approximate surface area is 123 Å². The first-order valence-electron chi connectivity index (χ1n) is 6.45. The highest BCUT2D eigenvalue weighted by Crippen LogP contribution is 2.26. The Hall–Kier alpha value is -1.35. The molecule has 100 valence electrons. The van der Waals surface area contributed by atoms with Crippen molar-refractivity contribution < 1.29 is 0 Å². The van der Waals surface area contributed by atoms with Crippen molar-refractivity contribution in [1.82, 2.24) is 4.98 Å². The van der Waals surface area contributed by atoms with Crippen molar-refractivity contribution in [2.24, 2.45) is 0 Å². The summed E-state index contributed by atoms with van der Waals surface area (Å²) in [5.74, 6) is 1.52. The van der Waals surface area contributed by atoms with Gasteiger partial charge >= 0.3 is 0 Å². The van der Waals surface area contributed by atoms with Gasteiger partial charge in [0.1, 0.15) is 5.82 Å². The zero-order valence-corrected chi connectivity index (χ0v) is 13.4. The number of aryl methyl sites for hydroxylation is 1. The van der Waals surface area contributed by atoms with E-state index in [2.05, 4.69) is 76.9 Å². The molecule has 19 heavy (non-hydrogen) atoms. The van der Waals surface area contributed by atoms with E-state index in [1.807, 2.05) is 13.2 Å². The topological polar surface area (TPSA) is 16.1 Å². The number of pyridine rings is 1. The SMILES string of the molecule is Cc1cc(N(C)c2ccc(C(C)C)cc2)ncc1Br. The summed E-state index contributed by atoms with van der Waals surface area (Å²) in [6.07, 6.45) is 1.85. The Morgan fingerprint density at radius 3 is 2.32 bits per heavy atom. The van der Waals surface area contributed by atoms with Crippen LogP contribution < -0.4 is 4.90 Å². The minimum atomic E-state index is 0.562. The van der Waals surface area contributed by atoms with E-state index < -0.39 is 0 Å². The molecule has 0 radical (unpaired) electrons. The average molecular weight is 319 g/mol. The summed E-state index contributed by atoms with van der Waals surface area (Å²) >= 11 is 3.48. The summed E-state index contributed by atoms with van der Waals surface area (Å²) in [6, 6.07) is 10.7. The van der Waals surface area contributed by atoms with E-state index >= 15 is 0 Å². The molecule has 0 unspecified atom stereocenters. The van der Waals surface area contributed by atoms with E-state index in [-0.39, 0.29) is 0 Å². The van der Waals surface area contributed by atoms with Gasteiger partial charge in [0, 0.05) is 23.4 Å². The first-order chi connectivity index (χ1) is 8.99. The van der Waals surface area contributed by atoms with Gasteiger partial charge in [0.25, 0.3) is 0 Å². The maximum atomic E-state index is 4.45. The summed E-state index contributed by atoms with van der Waals surface area (Å²) in [5.41, 5.74) is 3.70. The second kappa shape index (κ2) is 5.74. The van der Waals surface area contributed by atoms with Crippen molar-refractivity contribution in [3.8, 4) is 0 Å². The van der Waals surface area contributed by atoms with Crippen LogP contribution in [-0.4, -0.2) is 12.0 Å². The molecule has 2 aromatic rings. The molecule has 1 aromatic heterocycles. The summed E-state index contributed by atoms with van der Waals surface area (Å²) in [7, 11) is 2.04. The van der Waals surface area contributed by atoms with Crippen LogP contribution in [0.3, 0.4) is 0 Å². The lowest BCUT2D eigenvalue weighted by Crippen LogP contribution is -2.11. The number of rotatable bonds is 3. The number of aromatic nitrogens is 1. The van der Waals surface area contributed by atoms with Gasteiger partial charge in [0.15, 0.2) is 0 Å². The third-order valence-corrected chi connectivity index (χ3v) is 4.15. The molecule has 2 nitrogen and oxygen atoms in total. The molecule has 0 bridgehead atoms. The smallest absolute Gasteiger partial charge is 0.132 e. The zero-order valence-electron chi connectivity index (χ0n) is 11.8.